The number of hydrazone groups is 1. The average Bonchev–Trinajstić information content (AvgIpc) is 3.17. The molecule has 2 aromatic carbocycles. The Balaban J connectivity index is 2.09. The van der Waals surface area contributed by atoms with Crippen molar-refractivity contribution in [2.75, 3.05) is 14.2 Å². The molecule has 9 nitrogen and oxygen atoms in total. The van der Waals surface area contributed by atoms with E-state index >= 15 is 0 Å². The van der Waals surface area contributed by atoms with Crippen LogP contribution in [0.25, 0.3) is 16.9 Å². The summed E-state index contributed by atoms with van der Waals surface area (Å²) in [5.74, 6) is -0.936. The number of carbonyl (C=O) groups excluding carboxylic acids is 2. The Morgan fingerprint density at radius 3 is 2.55 bits per heavy atom. The van der Waals surface area contributed by atoms with E-state index in [4.69, 9.17) is 15.2 Å². The number of carbonyl (C=O) groups is 2. The van der Waals surface area contributed by atoms with E-state index < -0.39 is 11.8 Å². The zero-order chi connectivity index (χ0) is 20.8. The van der Waals surface area contributed by atoms with Crippen molar-refractivity contribution >= 4 is 18.0 Å². The molecule has 9 heteroatoms. The lowest BCUT2D eigenvalue weighted by Crippen LogP contribution is -2.32. The van der Waals surface area contributed by atoms with Gasteiger partial charge in [-0.05, 0) is 30.3 Å². The van der Waals surface area contributed by atoms with Crippen LogP contribution in [0.3, 0.4) is 0 Å². The van der Waals surface area contributed by atoms with Crippen LogP contribution in [0.5, 0.6) is 11.5 Å². The van der Waals surface area contributed by atoms with Crippen molar-refractivity contribution in [1.29, 1.82) is 0 Å². The highest BCUT2D eigenvalue weighted by Gasteiger charge is 2.17. The molecular formula is C20H19N5O4. The number of aromatic nitrogens is 2. The zero-order valence-corrected chi connectivity index (χ0v) is 15.8. The lowest BCUT2D eigenvalue weighted by molar-refractivity contribution is -0.137. The van der Waals surface area contributed by atoms with Crippen LogP contribution in [0, 0.1) is 0 Å². The number of hydrogen-bond donors (Lipinski definition) is 2. The van der Waals surface area contributed by atoms with Gasteiger partial charge in [-0.25, -0.2) is 10.1 Å². The molecule has 0 atom stereocenters. The molecule has 2 amide bonds. The van der Waals surface area contributed by atoms with Crippen molar-refractivity contribution in [3.63, 3.8) is 0 Å². The molecule has 0 saturated heterocycles. The van der Waals surface area contributed by atoms with Crippen molar-refractivity contribution in [3.05, 3.63) is 60.3 Å². The van der Waals surface area contributed by atoms with Crippen LogP contribution < -0.4 is 20.6 Å². The van der Waals surface area contributed by atoms with Crippen molar-refractivity contribution in [2.24, 2.45) is 10.8 Å². The zero-order valence-electron chi connectivity index (χ0n) is 15.8. The van der Waals surface area contributed by atoms with Crippen molar-refractivity contribution in [1.82, 2.24) is 15.2 Å². The average molecular weight is 393 g/mol. The molecule has 1 aromatic heterocycles. The molecule has 0 radical (unpaired) electrons. The third kappa shape index (κ3) is 4.41. The van der Waals surface area contributed by atoms with Crippen LogP contribution in [0.15, 0.2) is 59.8 Å². The van der Waals surface area contributed by atoms with E-state index in [1.54, 1.807) is 43.3 Å². The summed E-state index contributed by atoms with van der Waals surface area (Å²) < 4.78 is 12.4. The second kappa shape index (κ2) is 8.70. The minimum absolute atomic E-state index is 0.543. The summed E-state index contributed by atoms with van der Waals surface area (Å²) in [6, 6.07) is 14.8. The fourth-order valence-electron chi connectivity index (χ4n) is 2.62. The highest BCUT2D eigenvalue weighted by atomic mass is 16.5. The van der Waals surface area contributed by atoms with Gasteiger partial charge in [0.25, 0.3) is 0 Å². The number of nitrogens with two attached hydrogens (primary N) is 1. The lowest BCUT2D eigenvalue weighted by atomic mass is 10.1. The van der Waals surface area contributed by atoms with Gasteiger partial charge in [0.2, 0.25) is 0 Å². The summed E-state index contributed by atoms with van der Waals surface area (Å²) >= 11 is 0. The first-order valence-corrected chi connectivity index (χ1v) is 8.53. The van der Waals surface area contributed by atoms with E-state index in [-0.39, 0.29) is 0 Å². The van der Waals surface area contributed by atoms with Gasteiger partial charge in [-0.1, -0.05) is 18.2 Å². The van der Waals surface area contributed by atoms with Crippen LogP contribution in [0.4, 0.5) is 0 Å². The summed E-state index contributed by atoms with van der Waals surface area (Å²) in [4.78, 5) is 22.2. The molecule has 3 N–H and O–H groups in total. The van der Waals surface area contributed by atoms with E-state index in [9.17, 15) is 9.59 Å². The smallest absolute Gasteiger partial charge is 0.329 e. The first kappa shape index (κ1) is 19.6. The quantitative estimate of drug-likeness (QED) is 0.373. The van der Waals surface area contributed by atoms with Gasteiger partial charge < -0.3 is 15.2 Å². The molecule has 0 aliphatic heterocycles. The van der Waals surface area contributed by atoms with Crippen LogP contribution in [0.2, 0.25) is 0 Å². The van der Waals surface area contributed by atoms with Gasteiger partial charge in [0.15, 0.2) is 0 Å². The molecule has 29 heavy (non-hydrogen) atoms. The Bertz CT molecular complexity index is 1060. The topological polar surface area (TPSA) is 121 Å². The second-order valence-corrected chi connectivity index (χ2v) is 5.84. The first-order valence-electron chi connectivity index (χ1n) is 8.53. The number of ether oxygens (including phenoxy) is 2. The molecule has 148 valence electrons. The molecule has 0 spiro atoms. The largest absolute Gasteiger partial charge is 0.497 e. The number of para-hydroxylation sites is 1. The molecule has 3 aromatic rings. The number of hydrogen-bond acceptors (Lipinski definition) is 6. The van der Waals surface area contributed by atoms with E-state index in [2.05, 4.69) is 15.6 Å². The molecule has 0 saturated carbocycles. The predicted molar refractivity (Wildman–Crippen MR) is 107 cm³/mol. The van der Waals surface area contributed by atoms with Gasteiger partial charge in [0.05, 0.1) is 26.1 Å². The van der Waals surface area contributed by atoms with Gasteiger partial charge in [0, 0.05) is 17.3 Å². The third-order valence-corrected chi connectivity index (χ3v) is 4.02. The number of amides is 2. The molecule has 0 bridgehead atoms. The Morgan fingerprint density at radius 1 is 1.14 bits per heavy atom. The maximum Gasteiger partial charge on any atom is 0.329 e. The molecule has 0 aliphatic rings. The van der Waals surface area contributed by atoms with Gasteiger partial charge in [0.1, 0.15) is 17.2 Å². The number of nitrogens with zero attached hydrogens (tertiary/aromatic N) is 3. The number of benzene rings is 2. The second-order valence-electron chi connectivity index (χ2n) is 5.84. The summed E-state index contributed by atoms with van der Waals surface area (Å²) in [7, 11) is 3.12. The lowest BCUT2D eigenvalue weighted by Gasteiger charge is -2.09. The van der Waals surface area contributed by atoms with E-state index in [0.29, 0.717) is 28.3 Å². The number of methoxy groups -OCH3 is 2. The summed E-state index contributed by atoms with van der Waals surface area (Å²) in [6.45, 7) is 0. The fourth-order valence-corrected chi connectivity index (χ4v) is 2.62. The molecule has 1 heterocycles. The maximum absolute atomic E-state index is 11.3. The molecular weight excluding hydrogens is 374 g/mol. The van der Waals surface area contributed by atoms with Crippen LogP contribution >= 0.6 is 0 Å². The van der Waals surface area contributed by atoms with Crippen molar-refractivity contribution in [2.45, 2.75) is 0 Å². The predicted octanol–water partition coefficient (Wildman–Crippen LogP) is 1.49. The maximum atomic E-state index is 11.3. The molecule has 0 fully saturated rings. The Morgan fingerprint density at radius 2 is 1.90 bits per heavy atom. The summed E-state index contributed by atoms with van der Waals surface area (Å²) in [5.41, 5.74) is 9.61. The number of primary amides is 1. The first-order chi connectivity index (χ1) is 14.0. The van der Waals surface area contributed by atoms with Gasteiger partial charge in [-0.2, -0.15) is 10.2 Å². The monoisotopic (exact) mass is 393 g/mol. The van der Waals surface area contributed by atoms with Crippen LogP contribution in [0.1, 0.15) is 5.56 Å². The minimum Gasteiger partial charge on any atom is -0.497 e. The highest BCUT2D eigenvalue weighted by molar-refractivity contribution is 6.34. The minimum atomic E-state index is -1.13. The van der Waals surface area contributed by atoms with Crippen LogP contribution in [-0.2, 0) is 9.59 Å². The van der Waals surface area contributed by atoms with E-state index in [1.165, 1.54) is 6.21 Å². The summed E-state index contributed by atoms with van der Waals surface area (Å²) in [5, 5.41) is 8.46. The Labute approximate surface area is 166 Å². The fraction of sp³-hybridized carbons (Fsp3) is 0.100. The Kier molecular flexibility index (Phi) is 5.88. The molecule has 3 rings (SSSR count). The van der Waals surface area contributed by atoms with Gasteiger partial charge in [-0.15, -0.1) is 0 Å². The SMILES string of the molecule is COc1ccc(OC)c(-c2nn(-c3ccccc3)cc2/C=N\NC(=O)C(N)=O)c1. The van der Waals surface area contributed by atoms with Crippen molar-refractivity contribution < 1.29 is 19.1 Å². The van der Waals surface area contributed by atoms with Gasteiger partial charge >= 0.3 is 11.8 Å². The number of rotatable bonds is 6. The normalized spacial score (nSPS) is 10.7. The van der Waals surface area contributed by atoms with E-state index in [1.807, 2.05) is 30.3 Å². The standard InChI is InChI=1S/C20H19N5O4/c1-28-15-8-9-17(29-2)16(10-15)18-13(11-22-23-20(27)19(21)26)12-25(24-18)14-6-4-3-5-7-14/h3-12H,1-2H3,(H2,21,26)(H,23,27)/b22-11-. The molecule has 0 aliphatic carbocycles. The Hall–Kier alpha value is -4.14. The van der Waals surface area contributed by atoms with Gasteiger partial charge in [-0.3, -0.25) is 9.59 Å². The number of nitrogens with one attached hydrogen (secondary N) is 1. The third-order valence-electron chi connectivity index (χ3n) is 4.02. The van der Waals surface area contributed by atoms with Crippen molar-refractivity contribution in [3.8, 4) is 28.4 Å². The molecule has 0 unspecified atom stereocenters. The summed E-state index contributed by atoms with van der Waals surface area (Å²) in [6.07, 6.45) is 3.12. The van der Waals surface area contributed by atoms with E-state index in [0.717, 1.165) is 5.69 Å². The highest BCUT2D eigenvalue weighted by Crippen LogP contribution is 2.34. The van der Waals surface area contributed by atoms with Crippen LogP contribution in [-0.4, -0.2) is 42.0 Å².